The summed E-state index contributed by atoms with van der Waals surface area (Å²) in [7, 11) is -5.97. The average molecular weight is 1560 g/mol. The molecule has 16 aromatic rings. The van der Waals surface area contributed by atoms with Crippen LogP contribution in [0, 0.1) is 0 Å². The lowest BCUT2D eigenvalue weighted by Crippen LogP contribution is -2.74. The van der Waals surface area contributed by atoms with Crippen molar-refractivity contribution in [3.05, 3.63) is 385 Å². The maximum atomic E-state index is 2.69. The van der Waals surface area contributed by atoms with E-state index in [9.17, 15) is 0 Å². The van der Waals surface area contributed by atoms with Gasteiger partial charge >= 0.3 is 0 Å². The summed E-state index contributed by atoms with van der Waals surface area (Å²) < 4.78 is 2.61. The van der Waals surface area contributed by atoms with E-state index in [-0.39, 0.29) is 28.4 Å². The predicted octanol–water partition coefficient (Wildman–Crippen LogP) is 22.4. The summed E-state index contributed by atoms with van der Waals surface area (Å²) in [6, 6.07) is 138. The minimum atomic E-state index is -3.00. The smallest absolute Gasteiger partial charge is 0.252 e. The van der Waals surface area contributed by atoms with Gasteiger partial charge in [0.1, 0.15) is 0 Å². The van der Waals surface area contributed by atoms with Crippen LogP contribution in [0.5, 0.6) is 0 Å². The van der Waals surface area contributed by atoms with Crippen LogP contribution >= 0.6 is 0 Å². The zero-order valence-electron chi connectivity index (χ0n) is 71.6. The highest BCUT2D eigenvalue weighted by Crippen LogP contribution is 2.49. The molecule has 18 rings (SSSR count). The minimum Gasteiger partial charge on any atom is -0.311 e. The maximum Gasteiger partial charge on any atom is 0.252 e. The molecule has 0 atom stereocenters. The van der Waals surface area contributed by atoms with E-state index in [1.54, 1.807) is 0 Å². The molecule has 118 heavy (non-hydrogen) atoms. The second-order valence-electron chi connectivity index (χ2n) is 38.1. The minimum absolute atomic E-state index is 0.0967. The first-order valence-electron chi connectivity index (χ1n) is 42.7. The molecule has 0 radical (unpaired) electrons. The number of benzene rings is 15. The fourth-order valence-corrected chi connectivity index (χ4v) is 28.7. The quantitative estimate of drug-likeness (QED) is 0.0749. The van der Waals surface area contributed by atoms with Gasteiger partial charge in [-0.25, -0.2) is 0 Å². The molecule has 3 heterocycles. The summed E-state index contributed by atoms with van der Waals surface area (Å²) in [5, 5.41) is 13.2. The summed E-state index contributed by atoms with van der Waals surface area (Å²) in [5.41, 5.74) is 26.5. The molecule has 0 amide bonds. The Balaban J connectivity index is 0.979. The Morgan fingerprint density at radius 1 is 0.246 bits per heavy atom. The number of aromatic nitrogens is 1. The van der Waals surface area contributed by atoms with Crippen molar-refractivity contribution in [3.8, 4) is 27.9 Å². The molecule has 0 saturated heterocycles. The Kier molecular flexibility index (Phi) is 19.5. The van der Waals surface area contributed by atoms with Gasteiger partial charge in [-0.1, -0.05) is 390 Å². The maximum absolute atomic E-state index is 3.00. The lowest BCUT2D eigenvalue weighted by molar-refractivity contribution is 0.568. The number of hydrogen-bond acceptors (Lipinski definition) is 2. The number of hydrogen-bond donors (Lipinski definition) is 0. The Hall–Kier alpha value is -11.8. The number of rotatable bonds is 15. The van der Waals surface area contributed by atoms with Gasteiger partial charge in [0.2, 0.25) is 0 Å². The van der Waals surface area contributed by atoms with E-state index in [1.165, 1.54) is 135 Å². The third-order valence-corrected chi connectivity index (χ3v) is 35.4. The first-order chi connectivity index (χ1) is 56.7. The van der Waals surface area contributed by atoms with Crippen LogP contribution in [0.1, 0.15) is 156 Å². The summed E-state index contributed by atoms with van der Waals surface area (Å²) in [6.45, 7) is 37.4. The van der Waals surface area contributed by atoms with E-state index in [0.717, 1.165) is 39.8 Å². The molecule has 3 nitrogen and oxygen atoms in total. The second-order valence-corrected chi connectivity index (χ2v) is 45.8. The largest absolute Gasteiger partial charge is 0.311 e. The number of anilines is 6. The van der Waals surface area contributed by atoms with Crippen LogP contribution in [0.15, 0.2) is 352 Å². The fourth-order valence-electron chi connectivity index (χ4n) is 19.3. The predicted molar refractivity (Wildman–Crippen MR) is 516 cm³/mol. The van der Waals surface area contributed by atoms with E-state index in [1.807, 2.05) is 0 Å². The van der Waals surface area contributed by atoms with Gasteiger partial charge < -0.3 is 14.4 Å². The molecule has 0 unspecified atom stereocenters. The summed E-state index contributed by atoms with van der Waals surface area (Å²) in [6.07, 6.45) is 0. The zero-order chi connectivity index (χ0) is 82.0. The first kappa shape index (κ1) is 77.4. The molecule has 0 N–H and O–H groups in total. The molecule has 15 aromatic carbocycles. The van der Waals surface area contributed by atoms with E-state index >= 15 is 0 Å². The van der Waals surface area contributed by atoms with E-state index in [2.05, 4.69) is 477 Å². The van der Waals surface area contributed by atoms with Crippen molar-refractivity contribution in [1.82, 2.24) is 4.57 Å². The van der Waals surface area contributed by atoms with Crippen LogP contribution in [-0.4, -0.2) is 27.4 Å². The van der Waals surface area contributed by atoms with Gasteiger partial charge in [-0.05, 0) is 220 Å². The summed E-state index contributed by atoms with van der Waals surface area (Å²) >= 11 is 0. The van der Waals surface area contributed by atoms with Gasteiger partial charge in [-0.15, -0.1) is 0 Å². The highest BCUT2D eigenvalue weighted by atomic mass is 28.3. The van der Waals surface area contributed by atoms with Gasteiger partial charge in [-0.3, -0.25) is 0 Å². The van der Waals surface area contributed by atoms with E-state index in [4.69, 9.17) is 0 Å². The van der Waals surface area contributed by atoms with Crippen molar-refractivity contribution in [2.45, 2.75) is 144 Å². The SMILES string of the molecule is CC(C)c1ccc2c(c1)c1cc(C(C)C)ccc1n2-c1cc2c3c(c1)N(c1ccc([Si](c4ccccc4)(c4ccccc4)c4ccccc4)cc1)c1cc(-c4cc(C(C)(C)C)cc(C(C)(C)C)c4)ccc1B3c1cc(-c3cc(C(C)(C)C)cc(C(C)(C)C)c3)ccc1N2c1ccc([Si](c2ccccc2)(c2ccccc2)c2ccccc2)cc1. The monoisotopic (exact) mass is 1560 g/mol. The Labute approximate surface area is 703 Å². The molecular weight excluding hydrogens is 1450 g/mol. The molecule has 2 aliphatic heterocycles. The van der Waals surface area contributed by atoms with Crippen molar-refractivity contribution in [2.24, 2.45) is 0 Å². The van der Waals surface area contributed by atoms with Gasteiger partial charge in [0.25, 0.3) is 6.71 Å². The lowest BCUT2D eigenvalue weighted by atomic mass is 9.33. The Morgan fingerprint density at radius 3 is 0.890 bits per heavy atom. The zero-order valence-corrected chi connectivity index (χ0v) is 73.6. The number of fused-ring (bicyclic) bond motifs is 7. The van der Waals surface area contributed by atoms with Crippen molar-refractivity contribution in [2.75, 3.05) is 9.80 Å². The molecule has 6 heteroatoms. The molecule has 1 aromatic heterocycles. The molecule has 582 valence electrons. The van der Waals surface area contributed by atoms with Crippen LogP contribution < -0.4 is 67.7 Å². The highest BCUT2D eigenvalue weighted by molar-refractivity contribution is 7.20. The molecule has 0 aliphatic carbocycles. The normalized spacial score (nSPS) is 13.2. The van der Waals surface area contributed by atoms with Crippen LogP contribution in [-0.2, 0) is 21.7 Å². The third-order valence-electron chi connectivity index (χ3n) is 25.8. The van der Waals surface area contributed by atoms with Crippen molar-refractivity contribution in [3.63, 3.8) is 0 Å². The molecule has 2 aliphatic rings. The van der Waals surface area contributed by atoms with Crippen LogP contribution in [0.3, 0.4) is 0 Å². The van der Waals surface area contributed by atoms with Crippen LogP contribution in [0.2, 0.25) is 0 Å². The van der Waals surface area contributed by atoms with E-state index < -0.39 is 16.1 Å². The highest BCUT2D eigenvalue weighted by Gasteiger charge is 2.47. The lowest BCUT2D eigenvalue weighted by Gasteiger charge is -2.45. The average Bonchev–Trinajstić information content (AvgIpc) is 0.907. The second kappa shape index (κ2) is 29.7. The first-order valence-corrected chi connectivity index (χ1v) is 46.7. The molecular formula is C112H108BN3Si2. The molecule has 0 fully saturated rings. The fraction of sp³-hybridized carbons (Fsp3) is 0.196. The standard InChI is InChI=1S/C112H108BN3Si2/c1-75(2)77-48-60-102-98(67-77)99-68-78(76(3)4)49-61-103(99)116(102)89-73-106-108-107(74-89)115(88-53-57-97(58-54-88)118(93-41-29-20-30-42-93,94-43-31-21-32-44-94)95-45-33-22-34-46-95)105-70-80(82-65-85(111(11,12)13)72-86(66-82)112(14,15)16)47-59-100(105)113(108)101-69-79(81-63-83(109(5,6)7)71-84(64-81)110(8,9)10)50-62-104(101)114(106)87-51-55-96(56-52-87)117(90-35-23-17-24-36-90,91-37-25-18-26-38-91)92-39-27-19-28-40-92/h17-76H,1-16H3. The number of nitrogens with zero attached hydrogens (tertiary/aromatic N) is 3. The Morgan fingerprint density at radius 2 is 0.559 bits per heavy atom. The van der Waals surface area contributed by atoms with Crippen molar-refractivity contribution >= 4 is 137 Å². The van der Waals surface area contributed by atoms with Gasteiger partial charge in [0.05, 0.1) is 16.7 Å². The molecule has 0 saturated carbocycles. The Bertz CT molecular complexity index is 6120. The summed E-state index contributed by atoms with van der Waals surface area (Å²) in [5.74, 6) is 0.680. The van der Waals surface area contributed by atoms with Crippen LogP contribution in [0.4, 0.5) is 34.1 Å². The van der Waals surface area contributed by atoms with Crippen LogP contribution in [0.25, 0.3) is 49.7 Å². The van der Waals surface area contributed by atoms with Crippen molar-refractivity contribution < 1.29 is 0 Å². The van der Waals surface area contributed by atoms with E-state index in [0.29, 0.717) is 11.8 Å². The topological polar surface area (TPSA) is 11.4 Å². The third kappa shape index (κ3) is 13.4. The molecule has 0 spiro atoms. The molecule has 0 bridgehead atoms. The van der Waals surface area contributed by atoms with Gasteiger partial charge in [-0.2, -0.15) is 0 Å². The summed E-state index contributed by atoms with van der Waals surface area (Å²) in [4.78, 5) is 5.36. The van der Waals surface area contributed by atoms with Crippen molar-refractivity contribution in [1.29, 1.82) is 0 Å². The van der Waals surface area contributed by atoms with Gasteiger partial charge in [0.15, 0.2) is 16.1 Å². The van der Waals surface area contributed by atoms with Gasteiger partial charge in [0, 0.05) is 44.9 Å².